The average Bonchev–Trinajstić information content (AvgIpc) is 2.50. The number of hydrogen-bond acceptors (Lipinski definition) is 6. The van der Waals surface area contributed by atoms with Crippen molar-refractivity contribution in [1.82, 2.24) is 10.0 Å². The van der Waals surface area contributed by atoms with Gasteiger partial charge in [0, 0.05) is 12.1 Å². The molecule has 0 saturated heterocycles. The zero-order valence-electron chi connectivity index (χ0n) is 12.4. The predicted octanol–water partition coefficient (Wildman–Crippen LogP) is -0.343. The van der Waals surface area contributed by atoms with Crippen LogP contribution in [0.1, 0.15) is 6.92 Å². The number of carbonyl (C=O) groups excluding carboxylic acids is 2. The summed E-state index contributed by atoms with van der Waals surface area (Å²) >= 11 is 5.69. The first kappa shape index (κ1) is 19.4. The second-order valence-electron chi connectivity index (χ2n) is 4.57. The van der Waals surface area contributed by atoms with Crippen LogP contribution in [0.5, 0.6) is 0 Å². The van der Waals surface area contributed by atoms with Crippen molar-refractivity contribution in [3.05, 3.63) is 29.3 Å². The van der Waals surface area contributed by atoms with E-state index in [1.165, 1.54) is 38.2 Å². The number of aliphatic hydroxyl groups excluding tert-OH is 1. The summed E-state index contributed by atoms with van der Waals surface area (Å²) in [6.45, 7) is 0.636. The first-order valence-corrected chi connectivity index (χ1v) is 8.36. The number of likely N-dealkylation sites (N-methyl/N-ethyl adjacent to an activating group) is 1. The van der Waals surface area contributed by atoms with E-state index < -0.39 is 40.7 Å². The fraction of sp³-hybridized carbons (Fsp3) is 0.385. The monoisotopic (exact) mass is 364 g/mol. The highest BCUT2D eigenvalue weighted by atomic mass is 35.5. The summed E-state index contributed by atoms with van der Waals surface area (Å²) in [6.07, 6.45) is -1.37. The van der Waals surface area contributed by atoms with Crippen molar-refractivity contribution in [2.45, 2.75) is 24.0 Å². The molecule has 0 bridgehead atoms. The molecule has 1 aromatic rings. The minimum atomic E-state index is -4.08. The summed E-state index contributed by atoms with van der Waals surface area (Å²) in [7, 11) is -2.73. The van der Waals surface area contributed by atoms with Gasteiger partial charge in [0.1, 0.15) is 6.04 Å². The van der Waals surface area contributed by atoms with Crippen molar-refractivity contribution in [2.24, 2.45) is 0 Å². The predicted molar refractivity (Wildman–Crippen MR) is 82.3 cm³/mol. The Balaban J connectivity index is 2.88. The normalized spacial score (nSPS) is 13.9. The minimum absolute atomic E-state index is 0.133. The highest BCUT2D eigenvalue weighted by molar-refractivity contribution is 7.89. The molecular formula is C13H17ClN2O6S. The summed E-state index contributed by atoms with van der Waals surface area (Å²) in [5.41, 5.74) is 0. The Morgan fingerprint density at radius 3 is 2.35 bits per heavy atom. The molecule has 0 spiro atoms. The molecule has 0 aromatic heterocycles. The van der Waals surface area contributed by atoms with Crippen LogP contribution < -0.4 is 10.0 Å². The van der Waals surface area contributed by atoms with E-state index in [2.05, 4.69) is 10.1 Å². The van der Waals surface area contributed by atoms with Gasteiger partial charge in [0.05, 0.1) is 11.0 Å². The van der Waals surface area contributed by atoms with E-state index in [0.717, 1.165) is 0 Å². The fourth-order valence-electron chi connectivity index (χ4n) is 1.49. The molecule has 0 unspecified atom stereocenters. The van der Waals surface area contributed by atoms with E-state index in [1.54, 1.807) is 0 Å². The van der Waals surface area contributed by atoms with Crippen LogP contribution in [0, 0.1) is 0 Å². The SMILES string of the molecule is CNC(=O)COC(=O)[C@H](NS(=O)(=O)c1ccc(Cl)cc1)[C@@H](C)O. The molecule has 3 N–H and O–H groups in total. The molecule has 2 atom stereocenters. The molecular weight excluding hydrogens is 348 g/mol. The number of amides is 1. The number of esters is 1. The number of ether oxygens (including phenoxy) is 1. The molecule has 128 valence electrons. The Bertz CT molecular complexity index is 660. The topological polar surface area (TPSA) is 122 Å². The van der Waals surface area contributed by atoms with Gasteiger partial charge in [-0.2, -0.15) is 4.72 Å². The van der Waals surface area contributed by atoms with Crippen molar-refractivity contribution in [1.29, 1.82) is 0 Å². The number of benzene rings is 1. The molecule has 0 aliphatic heterocycles. The molecule has 0 fully saturated rings. The van der Waals surface area contributed by atoms with Crippen LogP contribution >= 0.6 is 11.6 Å². The van der Waals surface area contributed by atoms with Crippen LogP contribution in [0.25, 0.3) is 0 Å². The highest BCUT2D eigenvalue weighted by Crippen LogP contribution is 2.15. The molecule has 1 rings (SSSR count). The Labute approximate surface area is 138 Å². The summed E-state index contributed by atoms with van der Waals surface area (Å²) in [5, 5.41) is 12.2. The molecule has 0 aliphatic carbocycles. The minimum Gasteiger partial charge on any atom is -0.454 e. The van der Waals surface area contributed by atoms with Gasteiger partial charge in [-0.25, -0.2) is 8.42 Å². The van der Waals surface area contributed by atoms with Crippen molar-refractivity contribution >= 4 is 33.5 Å². The van der Waals surface area contributed by atoms with Crippen LogP contribution in [0.2, 0.25) is 5.02 Å². The van der Waals surface area contributed by atoms with Crippen LogP contribution in [0.3, 0.4) is 0 Å². The van der Waals surface area contributed by atoms with Crippen LogP contribution in [-0.2, 0) is 24.3 Å². The van der Waals surface area contributed by atoms with E-state index in [-0.39, 0.29) is 4.90 Å². The van der Waals surface area contributed by atoms with E-state index in [0.29, 0.717) is 5.02 Å². The lowest BCUT2D eigenvalue weighted by Gasteiger charge is -2.19. The van der Waals surface area contributed by atoms with Gasteiger partial charge < -0.3 is 15.2 Å². The smallest absolute Gasteiger partial charge is 0.327 e. The highest BCUT2D eigenvalue weighted by Gasteiger charge is 2.31. The van der Waals surface area contributed by atoms with Gasteiger partial charge in [-0.1, -0.05) is 11.6 Å². The molecule has 1 amide bonds. The molecule has 23 heavy (non-hydrogen) atoms. The molecule has 0 heterocycles. The summed E-state index contributed by atoms with van der Waals surface area (Å²) < 4.78 is 31.1. The third kappa shape index (κ3) is 5.79. The van der Waals surface area contributed by atoms with Gasteiger partial charge in [0.25, 0.3) is 5.91 Å². The van der Waals surface area contributed by atoms with E-state index in [4.69, 9.17) is 11.6 Å². The molecule has 0 aliphatic rings. The zero-order valence-corrected chi connectivity index (χ0v) is 14.0. The Morgan fingerprint density at radius 2 is 1.87 bits per heavy atom. The maximum atomic E-state index is 12.2. The lowest BCUT2D eigenvalue weighted by atomic mass is 10.2. The van der Waals surface area contributed by atoms with E-state index in [9.17, 15) is 23.1 Å². The largest absolute Gasteiger partial charge is 0.454 e. The Morgan fingerprint density at radius 1 is 1.30 bits per heavy atom. The van der Waals surface area contributed by atoms with Crippen LogP contribution in [0.15, 0.2) is 29.2 Å². The van der Waals surface area contributed by atoms with Crippen molar-refractivity contribution < 1.29 is 27.9 Å². The molecule has 10 heteroatoms. The maximum Gasteiger partial charge on any atom is 0.327 e. The lowest BCUT2D eigenvalue weighted by molar-refractivity contribution is -0.152. The van der Waals surface area contributed by atoms with E-state index >= 15 is 0 Å². The quantitative estimate of drug-likeness (QED) is 0.569. The van der Waals surface area contributed by atoms with Gasteiger partial charge >= 0.3 is 5.97 Å². The summed E-state index contributed by atoms with van der Waals surface area (Å²) in [4.78, 5) is 22.8. The lowest BCUT2D eigenvalue weighted by Crippen LogP contribution is -2.49. The summed E-state index contributed by atoms with van der Waals surface area (Å²) in [6, 6.07) is 3.69. The number of sulfonamides is 1. The first-order valence-electron chi connectivity index (χ1n) is 6.50. The third-order valence-electron chi connectivity index (χ3n) is 2.77. The zero-order chi connectivity index (χ0) is 17.6. The number of halogens is 1. The van der Waals surface area contributed by atoms with Crippen molar-refractivity contribution in [3.63, 3.8) is 0 Å². The van der Waals surface area contributed by atoms with Gasteiger partial charge in [-0.15, -0.1) is 0 Å². The first-order chi connectivity index (χ1) is 10.7. The maximum absolute atomic E-state index is 12.2. The molecule has 0 saturated carbocycles. The van der Waals surface area contributed by atoms with Gasteiger partial charge in [0.15, 0.2) is 6.61 Å². The standard InChI is InChI=1S/C13H17ClN2O6S/c1-8(17)12(13(19)22-7-11(18)15-2)16-23(20,21)10-5-3-9(14)4-6-10/h3-6,8,12,16-17H,7H2,1-2H3,(H,15,18)/t8-,12-/m1/s1. The third-order valence-corrected chi connectivity index (χ3v) is 4.48. The van der Waals surface area contributed by atoms with Gasteiger partial charge in [-0.3, -0.25) is 9.59 Å². The molecule has 1 aromatic carbocycles. The number of rotatable bonds is 7. The van der Waals surface area contributed by atoms with Crippen molar-refractivity contribution in [3.8, 4) is 0 Å². The summed E-state index contributed by atoms with van der Waals surface area (Å²) in [5.74, 6) is -1.63. The van der Waals surface area contributed by atoms with Crippen LogP contribution in [0.4, 0.5) is 0 Å². The van der Waals surface area contributed by atoms with Gasteiger partial charge in [0.2, 0.25) is 10.0 Å². The molecule has 8 nitrogen and oxygen atoms in total. The van der Waals surface area contributed by atoms with E-state index in [1.807, 2.05) is 4.72 Å². The second kappa shape index (κ2) is 8.25. The number of hydrogen-bond donors (Lipinski definition) is 3. The fourth-order valence-corrected chi connectivity index (χ4v) is 2.88. The number of aliphatic hydroxyl groups is 1. The van der Waals surface area contributed by atoms with Gasteiger partial charge in [-0.05, 0) is 31.2 Å². The van der Waals surface area contributed by atoms with Crippen LogP contribution in [-0.4, -0.2) is 51.2 Å². The Kier molecular flexibility index (Phi) is 6.95. The number of nitrogens with one attached hydrogen (secondary N) is 2. The Hall–Kier alpha value is -1.68. The van der Waals surface area contributed by atoms with Crippen molar-refractivity contribution in [2.75, 3.05) is 13.7 Å². The average molecular weight is 365 g/mol. The number of carbonyl (C=O) groups is 2. The second-order valence-corrected chi connectivity index (χ2v) is 6.72. The molecule has 0 radical (unpaired) electrons.